The van der Waals surface area contributed by atoms with Gasteiger partial charge in [0.15, 0.2) is 0 Å². The first-order valence-electron chi connectivity index (χ1n) is 10.3. The predicted octanol–water partition coefficient (Wildman–Crippen LogP) is 2.99. The lowest BCUT2D eigenvalue weighted by Crippen LogP contribution is -2.33. The number of carboxylic acid groups (broad SMARTS) is 1. The third-order valence-corrected chi connectivity index (χ3v) is 6.51. The summed E-state index contributed by atoms with van der Waals surface area (Å²) >= 11 is 0. The highest BCUT2D eigenvalue weighted by molar-refractivity contribution is 6.11. The van der Waals surface area contributed by atoms with Crippen molar-refractivity contribution in [3.8, 4) is 0 Å². The molecule has 4 aromatic rings. The monoisotopic (exact) mass is 429 g/mol. The second kappa shape index (κ2) is 6.36. The molecule has 0 saturated carbocycles. The lowest BCUT2D eigenvalue weighted by molar-refractivity contribution is 0.0691. The quantitative estimate of drug-likeness (QED) is 0.389. The maximum Gasteiger partial charge on any atom is 0.352 e. The third kappa shape index (κ3) is 2.48. The van der Waals surface area contributed by atoms with Crippen molar-refractivity contribution in [2.45, 2.75) is 12.8 Å². The molecule has 5 N–H and O–H groups in total. The molecule has 0 aliphatic carbocycles. The van der Waals surface area contributed by atoms with E-state index in [0.29, 0.717) is 31.6 Å². The second-order valence-corrected chi connectivity index (χ2v) is 8.17. The van der Waals surface area contributed by atoms with Gasteiger partial charge in [-0.1, -0.05) is 0 Å². The predicted molar refractivity (Wildman–Crippen MR) is 120 cm³/mol. The van der Waals surface area contributed by atoms with Crippen LogP contribution >= 0.6 is 0 Å². The lowest BCUT2D eigenvalue weighted by Gasteiger charge is -2.16. The average Bonchev–Trinajstić information content (AvgIpc) is 3.54. The third-order valence-electron chi connectivity index (χ3n) is 6.51. The van der Waals surface area contributed by atoms with Gasteiger partial charge in [-0.3, -0.25) is 9.69 Å². The van der Waals surface area contributed by atoms with E-state index in [0.717, 1.165) is 44.3 Å². The van der Waals surface area contributed by atoms with Crippen LogP contribution in [0.4, 0.5) is 16.2 Å². The minimum atomic E-state index is -1.01. The van der Waals surface area contributed by atoms with Crippen LogP contribution < -0.4 is 15.5 Å². The van der Waals surface area contributed by atoms with Crippen LogP contribution in [0.5, 0.6) is 0 Å². The fourth-order valence-corrected chi connectivity index (χ4v) is 5.04. The highest BCUT2D eigenvalue weighted by Gasteiger charge is 2.30. The summed E-state index contributed by atoms with van der Waals surface area (Å²) in [5.41, 5.74) is 11.2. The number of hydrogen-bond acceptors (Lipinski definition) is 3. The molecule has 0 fully saturated rings. The highest BCUT2D eigenvalue weighted by atomic mass is 16.4. The molecular formula is C23H19N5O4. The first-order valence-corrected chi connectivity index (χ1v) is 10.3. The van der Waals surface area contributed by atoms with E-state index in [2.05, 4.69) is 9.97 Å². The molecule has 3 amide bonds. The van der Waals surface area contributed by atoms with E-state index in [1.165, 1.54) is 0 Å². The zero-order valence-electron chi connectivity index (χ0n) is 16.9. The molecule has 160 valence electrons. The number of carboxylic acids is 1. The van der Waals surface area contributed by atoms with E-state index >= 15 is 0 Å². The Hall–Kier alpha value is -4.27. The Kier molecular flexibility index (Phi) is 3.68. The molecule has 9 heteroatoms. The largest absolute Gasteiger partial charge is 0.477 e. The topological polar surface area (TPSA) is 136 Å². The molecule has 4 heterocycles. The fourth-order valence-electron chi connectivity index (χ4n) is 5.04. The van der Waals surface area contributed by atoms with Crippen molar-refractivity contribution in [2.24, 2.45) is 5.73 Å². The highest BCUT2D eigenvalue weighted by Crippen LogP contribution is 2.37. The standard InChI is InChI=1S/C23H19N5O4/c24-23(32)28-8-6-12-13-9-17(25-15(13)2-4-20(12)28)21(29)27-7-5-11-14-10-18(22(30)31)26-16(14)1-3-19(11)27/h1-4,9-10,25-26H,5-8H2,(H2,24,32)(H,30,31). The van der Waals surface area contributed by atoms with Crippen molar-refractivity contribution >= 4 is 51.1 Å². The van der Waals surface area contributed by atoms with Gasteiger partial charge in [-0.2, -0.15) is 0 Å². The van der Waals surface area contributed by atoms with E-state index < -0.39 is 12.0 Å². The Balaban J connectivity index is 1.39. The normalized spacial score (nSPS) is 14.9. The Bertz CT molecular complexity index is 1480. The van der Waals surface area contributed by atoms with Crippen molar-refractivity contribution < 1.29 is 19.5 Å². The summed E-state index contributed by atoms with van der Waals surface area (Å²) in [7, 11) is 0. The second-order valence-electron chi connectivity index (χ2n) is 8.17. The number of aromatic carboxylic acids is 1. The van der Waals surface area contributed by atoms with Gasteiger partial charge >= 0.3 is 12.0 Å². The summed E-state index contributed by atoms with van der Waals surface area (Å²) in [6.45, 7) is 1.05. The average molecular weight is 429 g/mol. The van der Waals surface area contributed by atoms with Crippen LogP contribution in [0.2, 0.25) is 0 Å². The van der Waals surface area contributed by atoms with E-state index in [1.54, 1.807) is 15.9 Å². The molecule has 0 spiro atoms. The van der Waals surface area contributed by atoms with Crippen LogP contribution in [-0.2, 0) is 12.8 Å². The molecule has 0 unspecified atom stereocenters. The number of nitrogens with two attached hydrogens (primary N) is 1. The van der Waals surface area contributed by atoms with Crippen molar-refractivity contribution in [3.63, 3.8) is 0 Å². The molecular weight excluding hydrogens is 410 g/mol. The van der Waals surface area contributed by atoms with Crippen molar-refractivity contribution in [3.05, 3.63) is 58.9 Å². The van der Waals surface area contributed by atoms with Crippen LogP contribution in [0.15, 0.2) is 36.4 Å². The number of aromatic nitrogens is 2. The maximum atomic E-state index is 13.4. The van der Waals surface area contributed by atoms with E-state index in [4.69, 9.17) is 5.73 Å². The smallest absolute Gasteiger partial charge is 0.352 e. The number of aromatic amines is 2. The number of carbonyl (C=O) groups is 3. The van der Waals surface area contributed by atoms with Crippen LogP contribution in [-0.4, -0.2) is 46.1 Å². The Morgan fingerprint density at radius 1 is 0.812 bits per heavy atom. The van der Waals surface area contributed by atoms with Crippen LogP contribution in [0.25, 0.3) is 21.8 Å². The van der Waals surface area contributed by atoms with Gasteiger partial charge in [0.05, 0.1) is 0 Å². The number of urea groups is 1. The van der Waals surface area contributed by atoms with Gasteiger partial charge in [-0.15, -0.1) is 0 Å². The number of hydrogen-bond donors (Lipinski definition) is 4. The van der Waals surface area contributed by atoms with Gasteiger partial charge in [-0.05, 0) is 60.4 Å². The van der Waals surface area contributed by atoms with Crippen LogP contribution in [0.1, 0.15) is 32.1 Å². The number of benzene rings is 2. The summed E-state index contributed by atoms with van der Waals surface area (Å²) in [6, 6.07) is 10.4. The maximum absolute atomic E-state index is 13.4. The van der Waals surface area contributed by atoms with Gasteiger partial charge in [0.2, 0.25) is 0 Å². The van der Waals surface area contributed by atoms with Crippen molar-refractivity contribution in [2.75, 3.05) is 22.9 Å². The van der Waals surface area contributed by atoms with E-state index in [9.17, 15) is 19.5 Å². The Morgan fingerprint density at radius 3 is 1.94 bits per heavy atom. The molecule has 2 aliphatic heterocycles. The fraction of sp³-hybridized carbons (Fsp3) is 0.174. The number of H-pyrrole nitrogens is 2. The van der Waals surface area contributed by atoms with Crippen LogP contribution in [0, 0.1) is 0 Å². The minimum absolute atomic E-state index is 0.132. The number of carbonyl (C=O) groups excluding carboxylic acids is 2. The summed E-state index contributed by atoms with van der Waals surface area (Å²) in [5, 5.41) is 11.0. The summed E-state index contributed by atoms with van der Waals surface area (Å²) in [5.74, 6) is -1.16. The molecule has 9 nitrogen and oxygen atoms in total. The molecule has 2 aromatic heterocycles. The van der Waals surface area contributed by atoms with Crippen molar-refractivity contribution in [1.82, 2.24) is 9.97 Å². The van der Waals surface area contributed by atoms with Crippen LogP contribution in [0.3, 0.4) is 0 Å². The SMILES string of the molecule is NC(=O)N1CCc2c1ccc1[nH]c(C(=O)N3CCc4c3ccc3[nH]c(C(=O)O)cc43)cc21. The van der Waals surface area contributed by atoms with Gasteiger partial charge in [-0.25, -0.2) is 9.59 Å². The van der Waals surface area contributed by atoms with Gasteiger partial charge in [0.1, 0.15) is 11.4 Å². The Morgan fingerprint density at radius 2 is 1.34 bits per heavy atom. The zero-order valence-corrected chi connectivity index (χ0v) is 16.9. The number of nitrogens with zero attached hydrogens (tertiary/aromatic N) is 2. The number of nitrogens with one attached hydrogen (secondary N) is 2. The lowest BCUT2D eigenvalue weighted by atomic mass is 10.1. The first kappa shape index (κ1) is 18.5. The van der Waals surface area contributed by atoms with E-state index in [-0.39, 0.29) is 11.6 Å². The summed E-state index contributed by atoms with van der Waals surface area (Å²) in [4.78, 5) is 45.8. The molecule has 2 aromatic carbocycles. The summed E-state index contributed by atoms with van der Waals surface area (Å²) < 4.78 is 0. The molecule has 0 bridgehead atoms. The molecule has 0 saturated heterocycles. The van der Waals surface area contributed by atoms with Gasteiger partial charge < -0.3 is 25.7 Å². The van der Waals surface area contributed by atoms with E-state index in [1.807, 2.05) is 30.3 Å². The molecule has 6 rings (SSSR count). The number of fused-ring (bicyclic) bond motifs is 6. The van der Waals surface area contributed by atoms with Gasteiger partial charge in [0.25, 0.3) is 5.91 Å². The summed E-state index contributed by atoms with van der Waals surface area (Å²) in [6.07, 6.45) is 1.34. The number of rotatable bonds is 2. The molecule has 0 radical (unpaired) electrons. The molecule has 2 aliphatic rings. The molecule has 0 atom stereocenters. The molecule has 32 heavy (non-hydrogen) atoms. The number of amides is 3. The van der Waals surface area contributed by atoms with Gasteiger partial charge in [0, 0.05) is 46.3 Å². The first-order chi connectivity index (χ1) is 15.4. The Labute approximate surface area is 181 Å². The van der Waals surface area contributed by atoms with Crippen molar-refractivity contribution in [1.29, 1.82) is 0 Å². The number of primary amides is 1. The minimum Gasteiger partial charge on any atom is -0.477 e. The number of anilines is 2. The zero-order chi connectivity index (χ0) is 22.1.